The summed E-state index contributed by atoms with van der Waals surface area (Å²) in [4.78, 5) is 0. The molecule has 5 nitrogen and oxygen atoms in total. The Kier molecular flexibility index (Phi) is 4.19. The van der Waals surface area contributed by atoms with E-state index >= 15 is 0 Å². The lowest BCUT2D eigenvalue weighted by Gasteiger charge is -2.30. The van der Waals surface area contributed by atoms with E-state index in [2.05, 4.69) is 15.9 Å². The van der Waals surface area contributed by atoms with Crippen molar-refractivity contribution in [1.29, 1.82) is 0 Å². The average molecular weight is 345 g/mol. The number of benzene rings is 1. The smallest absolute Gasteiger partial charge is 0.497 e. The number of hydrogen-bond acceptors (Lipinski definition) is 5. The third kappa shape index (κ3) is 2.73. The first kappa shape index (κ1) is 15.8. The van der Waals surface area contributed by atoms with E-state index in [0.717, 1.165) is 0 Å². The molecule has 0 spiro atoms. The maximum atomic E-state index is 9.28. The van der Waals surface area contributed by atoms with Gasteiger partial charge in [0.15, 0.2) is 6.29 Å². The van der Waals surface area contributed by atoms with Gasteiger partial charge in [0, 0.05) is 11.0 Å². The van der Waals surface area contributed by atoms with Crippen LogP contribution >= 0.6 is 15.9 Å². The molecule has 0 bridgehead atoms. The molecule has 0 saturated carbocycles. The van der Waals surface area contributed by atoms with E-state index in [1.807, 2.05) is 20.8 Å². The molecule has 2 rings (SSSR count). The minimum absolute atomic E-state index is 0.356. The number of halogens is 1. The number of aliphatic hydroxyl groups excluding tert-OH is 1. The molecular formula is C13H18BBrO5. The second-order valence-electron chi connectivity index (χ2n) is 5.37. The van der Waals surface area contributed by atoms with Gasteiger partial charge in [-0.1, -0.05) is 28.1 Å². The summed E-state index contributed by atoms with van der Waals surface area (Å²) in [6.07, 6.45) is -1.55. The van der Waals surface area contributed by atoms with Gasteiger partial charge in [0.1, 0.15) is 10.3 Å². The summed E-state index contributed by atoms with van der Waals surface area (Å²) in [5.74, 6) is 0.570. The Labute approximate surface area is 127 Å². The van der Waals surface area contributed by atoms with Crippen molar-refractivity contribution in [3.05, 3.63) is 23.8 Å². The number of aliphatic hydroxyl groups is 2. The Hall–Kier alpha value is -0.595. The van der Waals surface area contributed by atoms with Gasteiger partial charge in [0.2, 0.25) is 0 Å². The van der Waals surface area contributed by atoms with E-state index < -0.39 is 23.5 Å². The number of rotatable bonds is 3. The normalized spacial score (nSPS) is 25.3. The van der Waals surface area contributed by atoms with Crippen molar-refractivity contribution in [1.82, 2.24) is 0 Å². The zero-order valence-electron chi connectivity index (χ0n) is 11.9. The first-order valence-electron chi connectivity index (χ1n) is 6.26. The Morgan fingerprint density at radius 2 is 1.90 bits per heavy atom. The van der Waals surface area contributed by atoms with Crippen LogP contribution in [-0.2, 0) is 9.31 Å². The number of methoxy groups -OCH3 is 1. The largest absolute Gasteiger partial charge is 0.499 e. The highest BCUT2D eigenvalue weighted by Crippen LogP contribution is 2.42. The molecule has 0 radical (unpaired) electrons. The van der Waals surface area contributed by atoms with Gasteiger partial charge in [-0.05, 0) is 26.8 Å². The quantitative estimate of drug-likeness (QED) is 0.491. The molecule has 1 atom stereocenters. The first-order valence-corrected chi connectivity index (χ1v) is 7.06. The van der Waals surface area contributed by atoms with Crippen molar-refractivity contribution in [3.8, 4) is 5.75 Å². The summed E-state index contributed by atoms with van der Waals surface area (Å²) >= 11 is 3.51. The van der Waals surface area contributed by atoms with Crippen LogP contribution in [0.1, 0.15) is 32.6 Å². The molecule has 1 saturated heterocycles. The molecule has 0 aromatic heterocycles. The molecule has 0 amide bonds. The Bertz CT molecular complexity index is 488. The van der Waals surface area contributed by atoms with Crippen LogP contribution in [0.15, 0.2) is 18.2 Å². The maximum Gasteiger partial charge on any atom is 0.499 e. The van der Waals surface area contributed by atoms with Crippen molar-refractivity contribution in [2.75, 3.05) is 7.11 Å². The van der Waals surface area contributed by atoms with Crippen LogP contribution in [0, 0.1) is 0 Å². The van der Waals surface area contributed by atoms with Gasteiger partial charge < -0.3 is 24.3 Å². The van der Waals surface area contributed by atoms with E-state index in [0.29, 0.717) is 16.8 Å². The molecule has 2 N–H and O–H groups in total. The summed E-state index contributed by atoms with van der Waals surface area (Å²) in [6.45, 7) is 5.71. The van der Waals surface area contributed by atoms with Gasteiger partial charge >= 0.3 is 7.12 Å². The molecule has 1 aliphatic heterocycles. The fourth-order valence-electron chi connectivity index (χ4n) is 1.96. The monoisotopic (exact) mass is 344 g/mol. The van der Waals surface area contributed by atoms with Crippen molar-refractivity contribution >= 4 is 28.5 Å². The third-order valence-corrected chi connectivity index (χ3v) is 4.75. The van der Waals surface area contributed by atoms with Crippen LogP contribution < -0.4 is 10.2 Å². The van der Waals surface area contributed by atoms with E-state index in [1.54, 1.807) is 25.3 Å². The highest BCUT2D eigenvalue weighted by Gasteiger charge is 2.54. The predicted octanol–water partition coefficient (Wildman–Crippen LogP) is 1.31. The number of ether oxygens (including phenoxy) is 1. The molecule has 1 heterocycles. The predicted molar refractivity (Wildman–Crippen MR) is 79.1 cm³/mol. The van der Waals surface area contributed by atoms with Crippen LogP contribution in [0.3, 0.4) is 0 Å². The lowest BCUT2D eigenvalue weighted by Crippen LogP contribution is -2.39. The van der Waals surface area contributed by atoms with Crippen LogP contribution in [0.25, 0.3) is 0 Å². The van der Waals surface area contributed by atoms with Gasteiger partial charge in [-0.3, -0.25) is 0 Å². The van der Waals surface area contributed by atoms with Gasteiger partial charge in [-0.25, -0.2) is 0 Å². The average Bonchev–Trinajstić information content (AvgIpc) is 2.57. The zero-order valence-corrected chi connectivity index (χ0v) is 13.5. The van der Waals surface area contributed by atoms with E-state index in [9.17, 15) is 10.2 Å². The molecule has 1 aromatic rings. The van der Waals surface area contributed by atoms with Gasteiger partial charge in [0.05, 0.1) is 12.7 Å². The maximum absolute atomic E-state index is 9.28. The SMILES string of the molecule is COc1ccc(C(O)O)cc1B1OC(C)(C)C(C)(Br)O1. The standard InChI is InChI=1S/C13H18BBrO5/c1-12(2)13(3,15)20-14(19-12)9-7-8(11(16)17)5-6-10(9)18-4/h5-7,11,16-17H,1-4H3. The molecule has 20 heavy (non-hydrogen) atoms. The highest BCUT2D eigenvalue weighted by molar-refractivity contribution is 9.10. The Morgan fingerprint density at radius 1 is 1.25 bits per heavy atom. The Balaban J connectivity index is 2.40. The first-order chi connectivity index (χ1) is 9.18. The number of hydrogen-bond donors (Lipinski definition) is 2. The van der Waals surface area contributed by atoms with E-state index in [-0.39, 0.29) is 0 Å². The fourth-order valence-corrected chi connectivity index (χ4v) is 2.23. The van der Waals surface area contributed by atoms with Crippen molar-refractivity contribution in [3.63, 3.8) is 0 Å². The summed E-state index contributed by atoms with van der Waals surface area (Å²) in [7, 11) is 0.893. The van der Waals surface area contributed by atoms with Crippen molar-refractivity contribution in [2.45, 2.75) is 37.2 Å². The van der Waals surface area contributed by atoms with Crippen LogP contribution in [-0.4, -0.2) is 34.6 Å². The minimum Gasteiger partial charge on any atom is -0.497 e. The van der Waals surface area contributed by atoms with E-state index in [1.165, 1.54) is 0 Å². The molecule has 1 aliphatic rings. The summed E-state index contributed by atoms with van der Waals surface area (Å²) in [5.41, 5.74) is 0.430. The highest BCUT2D eigenvalue weighted by atomic mass is 79.9. The van der Waals surface area contributed by atoms with Crippen LogP contribution in [0.5, 0.6) is 5.75 Å². The fraction of sp³-hybridized carbons (Fsp3) is 0.538. The third-order valence-electron chi connectivity index (χ3n) is 3.61. The van der Waals surface area contributed by atoms with Crippen LogP contribution in [0.4, 0.5) is 0 Å². The van der Waals surface area contributed by atoms with E-state index in [4.69, 9.17) is 14.0 Å². The lowest BCUT2D eigenvalue weighted by molar-refractivity contribution is -0.0424. The summed E-state index contributed by atoms with van der Waals surface area (Å²) in [6, 6.07) is 4.85. The molecular weight excluding hydrogens is 327 g/mol. The minimum atomic E-state index is -1.55. The molecule has 1 fully saturated rings. The van der Waals surface area contributed by atoms with Gasteiger partial charge in [0.25, 0.3) is 0 Å². The topological polar surface area (TPSA) is 68.2 Å². The van der Waals surface area contributed by atoms with Crippen molar-refractivity contribution in [2.24, 2.45) is 0 Å². The second kappa shape index (κ2) is 5.31. The molecule has 1 aromatic carbocycles. The number of alkyl halides is 1. The lowest BCUT2D eigenvalue weighted by atomic mass is 9.77. The summed E-state index contributed by atoms with van der Waals surface area (Å²) in [5, 5.41) is 18.6. The van der Waals surface area contributed by atoms with Crippen LogP contribution in [0.2, 0.25) is 0 Å². The summed E-state index contributed by atoms with van der Waals surface area (Å²) < 4.78 is 16.4. The molecule has 110 valence electrons. The second-order valence-corrected chi connectivity index (χ2v) is 6.88. The molecule has 1 unspecified atom stereocenters. The van der Waals surface area contributed by atoms with Crippen molar-refractivity contribution < 1.29 is 24.3 Å². The molecule has 0 aliphatic carbocycles. The van der Waals surface area contributed by atoms with Gasteiger partial charge in [-0.2, -0.15) is 0 Å². The zero-order chi connectivity index (χ0) is 15.1. The van der Waals surface area contributed by atoms with Gasteiger partial charge in [-0.15, -0.1) is 0 Å². The molecule has 7 heteroatoms. The Morgan fingerprint density at radius 3 is 2.35 bits per heavy atom.